The molecule has 0 saturated carbocycles. The summed E-state index contributed by atoms with van der Waals surface area (Å²) in [5.41, 5.74) is 7.21. The summed E-state index contributed by atoms with van der Waals surface area (Å²) in [7, 11) is 0. The molecule has 18 heavy (non-hydrogen) atoms. The van der Waals surface area contributed by atoms with Crippen molar-refractivity contribution in [1.29, 1.82) is 0 Å². The van der Waals surface area contributed by atoms with Crippen LogP contribution in [0.15, 0.2) is 36.4 Å². The van der Waals surface area contributed by atoms with Gasteiger partial charge in [-0.3, -0.25) is 0 Å². The average molecular weight is 266 g/mol. The minimum atomic E-state index is -0.335. The lowest BCUT2D eigenvalue weighted by Gasteiger charge is -2.11. The van der Waals surface area contributed by atoms with Crippen LogP contribution in [0, 0.1) is 12.7 Å². The summed E-state index contributed by atoms with van der Waals surface area (Å²) < 4.78 is 18.7. The van der Waals surface area contributed by atoms with E-state index >= 15 is 0 Å². The van der Waals surface area contributed by atoms with E-state index in [0.717, 1.165) is 5.56 Å². The maximum atomic E-state index is 13.1. The van der Waals surface area contributed by atoms with E-state index in [1.165, 1.54) is 12.1 Å². The van der Waals surface area contributed by atoms with E-state index < -0.39 is 0 Å². The summed E-state index contributed by atoms with van der Waals surface area (Å²) in [5.74, 6) is 0.714. The van der Waals surface area contributed by atoms with Crippen molar-refractivity contribution in [2.45, 2.75) is 13.5 Å². The molecule has 0 heterocycles. The van der Waals surface area contributed by atoms with Crippen LogP contribution in [0.4, 0.5) is 4.39 Å². The predicted molar refractivity (Wildman–Crippen MR) is 70.6 cm³/mol. The van der Waals surface area contributed by atoms with Gasteiger partial charge in [0, 0.05) is 12.1 Å². The van der Waals surface area contributed by atoms with E-state index in [-0.39, 0.29) is 12.4 Å². The normalized spacial score (nSPS) is 10.4. The molecule has 2 N–H and O–H groups in total. The van der Waals surface area contributed by atoms with Gasteiger partial charge in [-0.2, -0.15) is 0 Å². The summed E-state index contributed by atoms with van der Waals surface area (Å²) in [6, 6.07) is 9.72. The van der Waals surface area contributed by atoms with Crippen LogP contribution in [0.3, 0.4) is 0 Å². The summed E-state index contributed by atoms with van der Waals surface area (Å²) >= 11 is 6.08. The van der Waals surface area contributed by atoms with Crippen molar-refractivity contribution >= 4 is 11.6 Å². The maximum absolute atomic E-state index is 13.1. The molecule has 0 aliphatic heterocycles. The topological polar surface area (TPSA) is 35.2 Å². The van der Waals surface area contributed by atoms with Gasteiger partial charge in [0.2, 0.25) is 0 Å². The zero-order valence-corrected chi connectivity index (χ0v) is 10.7. The fourth-order valence-electron chi connectivity index (χ4n) is 1.61. The van der Waals surface area contributed by atoms with Crippen LogP contribution < -0.4 is 10.5 Å². The molecule has 0 aliphatic carbocycles. The minimum Gasteiger partial charge on any atom is -0.455 e. The van der Waals surface area contributed by atoms with Crippen molar-refractivity contribution in [2.75, 3.05) is 0 Å². The highest BCUT2D eigenvalue weighted by Gasteiger charge is 2.08. The molecular weight excluding hydrogens is 253 g/mol. The first kappa shape index (κ1) is 12.9. The highest BCUT2D eigenvalue weighted by atomic mass is 35.5. The highest BCUT2D eigenvalue weighted by Crippen LogP contribution is 2.32. The van der Waals surface area contributed by atoms with Gasteiger partial charge in [0.05, 0.1) is 5.02 Å². The van der Waals surface area contributed by atoms with Crippen molar-refractivity contribution in [3.05, 3.63) is 58.4 Å². The molecule has 2 aromatic rings. The monoisotopic (exact) mass is 265 g/mol. The Balaban J connectivity index is 2.33. The first-order valence-corrected chi connectivity index (χ1v) is 5.90. The first-order chi connectivity index (χ1) is 8.60. The van der Waals surface area contributed by atoms with Crippen LogP contribution in [-0.2, 0) is 6.54 Å². The van der Waals surface area contributed by atoms with Crippen LogP contribution in [0.25, 0.3) is 0 Å². The fraction of sp³-hybridized carbons (Fsp3) is 0.143. The summed E-state index contributed by atoms with van der Waals surface area (Å²) in [6.45, 7) is 2.15. The Hall–Kier alpha value is -1.58. The molecular formula is C14H13ClFNO. The number of hydrogen-bond donors (Lipinski definition) is 1. The average Bonchev–Trinajstić information content (AvgIpc) is 2.34. The Labute approximate surface area is 110 Å². The number of nitrogens with two attached hydrogens (primary N) is 1. The van der Waals surface area contributed by atoms with Gasteiger partial charge >= 0.3 is 0 Å². The molecule has 0 atom stereocenters. The number of halogens is 2. The largest absolute Gasteiger partial charge is 0.455 e. The second-order valence-electron chi connectivity index (χ2n) is 3.99. The molecule has 0 spiro atoms. The molecule has 4 heteroatoms. The lowest BCUT2D eigenvalue weighted by molar-refractivity contribution is 0.474. The standard InChI is InChI=1S/C14H13ClFNO/c1-9-2-4-14(12(15)6-9)18-13-5-3-11(16)7-10(13)8-17/h2-7H,8,17H2,1H3. The van der Waals surface area contributed by atoms with Gasteiger partial charge in [-0.25, -0.2) is 4.39 Å². The highest BCUT2D eigenvalue weighted by molar-refractivity contribution is 6.32. The fourth-order valence-corrected chi connectivity index (χ4v) is 1.89. The van der Waals surface area contributed by atoms with Crippen molar-refractivity contribution in [2.24, 2.45) is 5.73 Å². The van der Waals surface area contributed by atoms with Crippen LogP contribution >= 0.6 is 11.6 Å². The molecule has 0 aromatic heterocycles. The van der Waals surface area contributed by atoms with Gasteiger partial charge in [0.25, 0.3) is 0 Å². The van der Waals surface area contributed by atoms with Gasteiger partial charge in [0.15, 0.2) is 0 Å². The third-order valence-electron chi connectivity index (χ3n) is 2.55. The summed E-state index contributed by atoms with van der Waals surface area (Å²) in [6.07, 6.45) is 0. The van der Waals surface area contributed by atoms with Crippen LogP contribution in [0.2, 0.25) is 5.02 Å². The lowest BCUT2D eigenvalue weighted by Crippen LogP contribution is -2.00. The third-order valence-corrected chi connectivity index (χ3v) is 2.85. The van der Waals surface area contributed by atoms with Gasteiger partial charge in [-0.1, -0.05) is 17.7 Å². The van der Waals surface area contributed by atoms with Gasteiger partial charge in [-0.05, 0) is 42.8 Å². The SMILES string of the molecule is Cc1ccc(Oc2ccc(F)cc2CN)c(Cl)c1. The molecule has 0 bridgehead atoms. The van der Waals surface area contributed by atoms with Crippen molar-refractivity contribution in [3.8, 4) is 11.5 Å². The Bertz CT molecular complexity index is 572. The number of rotatable bonds is 3. The number of aryl methyl sites for hydroxylation is 1. The predicted octanol–water partition coefficient (Wildman–Crippen LogP) is 4.04. The van der Waals surface area contributed by atoms with E-state index in [2.05, 4.69) is 0 Å². The number of ether oxygens (including phenoxy) is 1. The van der Waals surface area contributed by atoms with E-state index in [0.29, 0.717) is 22.1 Å². The minimum absolute atomic E-state index is 0.205. The van der Waals surface area contributed by atoms with E-state index in [4.69, 9.17) is 22.1 Å². The van der Waals surface area contributed by atoms with Crippen LogP contribution in [0.1, 0.15) is 11.1 Å². The second kappa shape index (κ2) is 5.38. The second-order valence-corrected chi connectivity index (χ2v) is 4.40. The summed E-state index contributed by atoms with van der Waals surface area (Å²) in [5, 5.41) is 0.516. The van der Waals surface area contributed by atoms with E-state index in [1.807, 2.05) is 19.1 Å². The zero-order valence-electron chi connectivity index (χ0n) is 9.91. The number of hydrogen-bond acceptors (Lipinski definition) is 2. The number of benzene rings is 2. The molecule has 2 rings (SSSR count). The molecule has 2 aromatic carbocycles. The van der Waals surface area contributed by atoms with E-state index in [1.54, 1.807) is 12.1 Å². The molecule has 0 saturated heterocycles. The van der Waals surface area contributed by atoms with Gasteiger partial charge < -0.3 is 10.5 Å². The molecule has 0 unspecified atom stereocenters. The summed E-state index contributed by atoms with van der Waals surface area (Å²) in [4.78, 5) is 0. The van der Waals surface area contributed by atoms with Crippen molar-refractivity contribution in [1.82, 2.24) is 0 Å². The third kappa shape index (κ3) is 2.81. The Morgan fingerprint density at radius 3 is 2.56 bits per heavy atom. The first-order valence-electron chi connectivity index (χ1n) is 5.52. The quantitative estimate of drug-likeness (QED) is 0.909. The Morgan fingerprint density at radius 1 is 1.17 bits per heavy atom. The molecule has 2 nitrogen and oxygen atoms in total. The lowest BCUT2D eigenvalue weighted by atomic mass is 10.2. The van der Waals surface area contributed by atoms with Gasteiger partial charge in [0.1, 0.15) is 17.3 Å². The molecule has 94 valence electrons. The van der Waals surface area contributed by atoms with E-state index in [9.17, 15) is 4.39 Å². The van der Waals surface area contributed by atoms with Gasteiger partial charge in [-0.15, -0.1) is 0 Å². The molecule has 0 radical (unpaired) electrons. The van der Waals surface area contributed by atoms with Crippen molar-refractivity contribution in [3.63, 3.8) is 0 Å². The zero-order chi connectivity index (χ0) is 13.1. The Kier molecular flexibility index (Phi) is 3.84. The van der Waals surface area contributed by atoms with Crippen molar-refractivity contribution < 1.29 is 9.13 Å². The molecule has 0 amide bonds. The smallest absolute Gasteiger partial charge is 0.146 e. The van der Waals surface area contributed by atoms with Crippen LogP contribution in [0.5, 0.6) is 11.5 Å². The van der Waals surface area contributed by atoms with Crippen LogP contribution in [-0.4, -0.2) is 0 Å². The Morgan fingerprint density at radius 2 is 1.89 bits per heavy atom. The maximum Gasteiger partial charge on any atom is 0.146 e. The molecule has 0 aliphatic rings. The molecule has 0 fully saturated rings.